The Morgan fingerprint density at radius 2 is 1.97 bits per heavy atom. The summed E-state index contributed by atoms with van der Waals surface area (Å²) < 4.78 is 25.2. The molecule has 1 spiro atoms. The van der Waals surface area contributed by atoms with Gasteiger partial charge in [0.15, 0.2) is 0 Å². The molecule has 0 aromatic heterocycles. The van der Waals surface area contributed by atoms with E-state index in [1.807, 2.05) is 24.3 Å². The number of piperidine rings is 1. The second-order valence-electron chi connectivity index (χ2n) is 7.67. The van der Waals surface area contributed by atoms with Crippen LogP contribution < -0.4 is 10.1 Å². The molecule has 0 aliphatic carbocycles. The van der Waals surface area contributed by atoms with E-state index in [2.05, 4.69) is 10.2 Å². The first-order valence-electron chi connectivity index (χ1n) is 9.88. The highest BCUT2D eigenvalue weighted by Gasteiger charge is 2.42. The molecule has 154 valence electrons. The molecule has 2 aliphatic heterocycles. The fourth-order valence-electron chi connectivity index (χ4n) is 3.94. The number of carbonyl (C=O) groups excluding carboxylic acids is 1. The van der Waals surface area contributed by atoms with Gasteiger partial charge in [0.2, 0.25) is 0 Å². The van der Waals surface area contributed by atoms with Crippen LogP contribution in [0.15, 0.2) is 48.5 Å². The zero-order valence-corrected chi connectivity index (χ0v) is 16.8. The van der Waals surface area contributed by atoms with Crippen molar-refractivity contribution >= 4 is 17.7 Å². The largest absolute Gasteiger partial charge is 0.486 e. The summed E-state index contributed by atoms with van der Waals surface area (Å²) in [5, 5.41) is 3.43. The van der Waals surface area contributed by atoms with Crippen molar-refractivity contribution in [1.29, 1.82) is 0 Å². The van der Waals surface area contributed by atoms with Crippen molar-refractivity contribution in [3.8, 4) is 5.75 Å². The molecule has 0 saturated carbocycles. The summed E-state index contributed by atoms with van der Waals surface area (Å²) in [6, 6.07) is 13.8. The summed E-state index contributed by atoms with van der Waals surface area (Å²) in [6.07, 6.45) is 1.87. The highest BCUT2D eigenvalue weighted by Crippen LogP contribution is 2.31. The van der Waals surface area contributed by atoms with Crippen molar-refractivity contribution in [3.05, 3.63) is 64.9 Å². The van der Waals surface area contributed by atoms with Gasteiger partial charge in [0, 0.05) is 50.0 Å². The first-order chi connectivity index (χ1) is 14.0. The van der Waals surface area contributed by atoms with Crippen LogP contribution in [0, 0.1) is 5.82 Å². The van der Waals surface area contributed by atoms with E-state index in [0.29, 0.717) is 17.3 Å². The number of alkyl carbamates (subject to hydrolysis) is 1. The molecule has 2 aromatic rings. The Balaban J connectivity index is 1.39. The molecule has 2 aliphatic rings. The number of rotatable bonds is 6. The van der Waals surface area contributed by atoms with Gasteiger partial charge in [-0.15, -0.1) is 0 Å². The van der Waals surface area contributed by atoms with Crippen LogP contribution in [0.2, 0.25) is 5.02 Å². The number of carbonyl (C=O) groups is 1. The summed E-state index contributed by atoms with van der Waals surface area (Å²) in [6.45, 7) is 3.15. The highest BCUT2D eigenvalue weighted by atomic mass is 35.5. The number of amides is 1. The Labute approximate surface area is 174 Å². The van der Waals surface area contributed by atoms with Gasteiger partial charge in [-0.3, -0.25) is 0 Å². The van der Waals surface area contributed by atoms with Crippen LogP contribution in [0.4, 0.5) is 9.18 Å². The molecular weight excluding hydrogens is 395 g/mol. The minimum Gasteiger partial charge on any atom is -0.486 e. The molecular formula is C22H24ClFN2O3. The van der Waals surface area contributed by atoms with Gasteiger partial charge in [0.05, 0.1) is 6.54 Å². The molecule has 2 heterocycles. The summed E-state index contributed by atoms with van der Waals surface area (Å²) in [5.41, 5.74) is 0.655. The Morgan fingerprint density at radius 3 is 2.62 bits per heavy atom. The normalized spacial score (nSPS) is 19.6. The Bertz CT molecular complexity index is 853. The van der Waals surface area contributed by atoms with Crippen LogP contribution in [0.25, 0.3) is 0 Å². The SMILES string of the molecule is O=C1NCC2(CCN(CC[C@H](Oc3cccc(F)c3)c3ccc(Cl)cc3)CC2)O1. The van der Waals surface area contributed by atoms with Gasteiger partial charge >= 0.3 is 6.09 Å². The highest BCUT2D eigenvalue weighted by molar-refractivity contribution is 6.30. The topological polar surface area (TPSA) is 50.8 Å². The fraction of sp³-hybridized carbons (Fsp3) is 0.409. The zero-order chi connectivity index (χ0) is 20.3. The quantitative estimate of drug-likeness (QED) is 0.747. The van der Waals surface area contributed by atoms with Crippen LogP contribution in [0.1, 0.15) is 30.9 Å². The minimum atomic E-state index is -0.346. The molecule has 4 rings (SSSR count). The summed E-state index contributed by atoms with van der Waals surface area (Å²) in [7, 11) is 0. The Morgan fingerprint density at radius 1 is 1.21 bits per heavy atom. The van der Waals surface area contributed by atoms with Gasteiger partial charge in [-0.25, -0.2) is 9.18 Å². The second-order valence-corrected chi connectivity index (χ2v) is 8.11. The summed E-state index contributed by atoms with van der Waals surface area (Å²) in [5.74, 6) is 0.185. The Kier molecular flexibility index (Phi) is 5.92. The van der Waals surface area contributed by atoms with E-state index in [1.54, 1.807) is 12.1 Å². The van der Waals surface area contributed by atoms with Crippen molar-refractivity contribution in [3.63, 3.8) is 0 Å². The molecule has 7 heteroatoms. The molecule has 2 saturated heterocycles. The average Bonchev–Trinajstić information content (AvgIpc) is 3.07. The molecule has 0 unspecified atom stereocenters. The third-order valence-corrected chi connectivity index (χ3v) is 5.91. The lowest BCUT2D eigenvalue weighted by Crippen LogP contribution is -2.47. The van der Waals surface area contributed by atoms with E-state index >= 15 is 0 Å². The lowest BCUT2D eigenvalue weighted by atomic mass is 9.91. The fourth-order valence-corrected chi connectivity index (χ4v) is 4.07. The van der Waals surface area contributed by atoms with Gasteiger partial charge in [-0.05, 0) is 29.8 Å². The van der Waals surface area contributed by atoms with Crippen molar-refractivity contribution < 1.29 is 18.7 Å². The standard InChI is InChI=1S/C22H24ClFN2O3/c23-17-6-4-16(5-7-17)20(28-19-3-1-2-18(24)14-19)8-11-26-12-9-22(10-13-26)15-25-21(27)29-22/h1-7,14,20H,8-13,15H2,(H,25,27)/t20-/m0/s1. The summed E-state index contributed by atoms with van der Waals surface area (Å²) >= 11 is 6.03. The van der Waals surface area contributed by atoms with Gasteiger partial charge < -0.3 is 19.7 Å². The van der Waals surface area contributed by atoms with E-state index in [-0.39, 0.29) is 23.6 Å². The average molecular weight is 419 g/mol. The van der Waals surface area contributed by atoms with E-state index in [9.17, 15) is 9.18 Å². The predicted octanol–water partition coefficient (Wildman–Crippen LogP) is 4.56. The number of likely N-dealkylation sites (tertiary alicyclic amines) is 1. The lowest BCUT2D eigenvalue weighted by Gasteiger charge is -2.37. The van der Waals surface area contributed by atoms with Crippen LogP contribution in [0.5, 0.6) is 5.75 Å². The van der Waals surface area contributed by atoms with Crippen LogP contribution in [-0.2, 0) is 4.74 Å². The first kappa shape index (κ1) is 20.0. The number of hydrogen-bond donors (Lipinski definition) is 1. The molecule has 2 fully saturated rings. The molecule has 2 aromatic carbocycles. The van der Waals surface area contributed by atoms with E-state index in [0.717, 1.165) is 44.5 Å². The third kappa shape index (κ3) is 5.00. The maximum atomic E-state index is 13.6. The first-order valence-corrected chi connectivity index (χ1v) is 10.3. The van der Waals surface area contributed by atoms with Gasteiger partial charge in [0.1, 0.15) is 23.3 Å². The van der Waals surface area contributed by atoms with E-state index in [1.165, 1.54) is 12.1 Å². The van der Waals surface area contributed by atoms with Crippen molar-refractivity contribution in [1.82, 2.24) is 10.2 Å². The monoisotopic (exact) mass is 418 g/mol. The molecule has 1 N–H and O–H groups in total. The molecule has 1 atom stereocenters. The maximum absolute atomic E-state index is 13.6. The predicted molar refractivity (Wildman–Crippen MR) is 109 cm³/mol. The van der Waals surface area contributed by atoms with Crippen LogP contribution >= 0.6 is 11.6 Å². The number of halogens is 2. The van der Waals surface area contributed by atoms with Gasteiger partial charge in [-0.1, -0.05) is 29.8 Å². The van der Waals surface area contributed by atoms with Gasteiger partial charge in [0.25, 0.3) is 0 Å². The molecule has 29 heavy (non-hydrogen) atoms. The molecule has 1 amide bonds. The van der Waals surface area contributed by atoms with E-state index in [4.69, 9.17) is 21.1 Å². The number of nitrogens with one attached hydrogen (secondary N) is 1. The van der Waals surface area contributed by atoms with Gasteiger partial charge in [-0.2, -0.15) is 0 Å². The minimum absolute atomic E-state index is 0.212. The van der Waals surface area contributed by atoms with Crippen LogP contribution in [-0.4, -0.2) is 42.8 Å². The van der Waals surface area contributed by atoms with Crippen LogP contribution in [0.3, 0.4) is 0 Å². The zero-order valence-electron chi connectivity index (χ0n) is 16.1. The van der Waals surface area contributed by atoms with Crippen molar-refractivity contribution in [2.45, 2.75) is 31.0 Å². The van der Waals surface area contributed by atoms with Crippen molar-refractivity contribution in [2.75, 3.05) is 26.2 Å². The third-order valence-electron chi connectivity index (χ3n) is 5.66. The smallest absolute Gasteiger partial charge is 0.407 e. The number of hydrogen-bond acceptors (Lipinski definition) is 4. The summed E-state index contributed by atoms with van der Waals surface area (Å²) in [4.78, 5) is 13.7. The molecule has 0 radical (unpaired) electrons. The lowest BCUT2D eigenvalue weighted by molar-refractivity contribution is -0.00139. The maximum Gasteiger partial charge on any atom is 0.407 e. The number of ether oxygens (including phenoxy) is 2. The molecule has 5 nitrogen and oxygen atoms in total. The number of benzene rings is 2. The Hall–Kier alpha value is -2.31. The van der Waals surface area contributed by atoms with E-state index < -0.39 is 0 Å². The number of nitrogens with zero attached hydrogens (tertiary/aromatic N) is 1. The van der Waals surface area contributed by atoms with Crippen molar-refractivity contribution in [2.24, 2.45) is 0 Å². The second kappa shape index (κ2) is 8.59. The molecule has 0 bridgehead atoms.